The van der Waals surface area contributed by atoms with Crippen LogP contribution in [0.5, 0.6) is 5.75 Å². The maximum absolute atomic E-state index is 12.6. The van der Waals surface area contributed by atoms with Crippen molar-refractivity contribution >= 4 is 28.9 Å². The van der Waals surface area contributed by atoms with Gasteiger partial charge in [-0.3, -0.25) is 10.1 Å². The highest BCUT2D eigenvalue weighted by atomic mass is 32.2. The zero-order chi connectivity index (χ0) is 21.8. The van der Waals surface area contributed by atoms with Crippen LogP contribution in [0.15, 0.2) is 29.3 Å². The summed E-state index contributed by atoms with van der Waals surface area (Å²) in [7, 11) is 1.62. The number of urea groups is 1. The third kappa shape index (κ3) is 4.89. The summed E-state index contributed by atoms with van der Waals surface area (Å²) in [6.45, 7) is 6.54. The van der Waals surface area contributed by atoms with Gasteiger partial charge < -0.3 is 19.6 Å². The molecule has 3 amide bonds. The molecule has 30 heavy (non-hydrogen) atoms. The summed E-state index contributed by atoms with van der Waals surface area (Å²) in [6.07, 6.45) is 0.475. The minimum absolute atomic E-state index is 0.0943. The number of rotatable bonds is 8. The lowest BCUT2D eigenvalue weighted by molar-refractivity contribution is -0.127. The maximum atomic E-state index is 12.6. The Kier molecular flexibility index (Phi) is 7.25. The van der Waals surface area contributed by atoms with E-state index in [4.69, 9.17) is 4.74 Å². The molecule has 2 aliphatic rings. The van der Waals surface area contributed by atoms with Crippen molar-refractivity contribution in [3.8, 4) is 5.75 Å². The van der Waals surface area contributed by atoms with Crippen molar-refractivity contribution < 1.29 is 19.4 Å². The number of thioether (sulfide) groups is 1. The number of carbonyl (C=O) groups is 2. The van der Waals surface area contributed by atoms with Crippen LogP contribution in [-0.4, -0.2) is 75.8 Å². The van der Waals surface area contributed by atoms with E-state index in [0.29, 0.717) is 16.2 Å². The Balaban J connectivity index is 1.69. The average Bonchev–Trinajstić information content (AvgIpc) is 3.09. The molecule has 2 N–H and O–H groups in total. The first kappa shape index (κ1) is 22.4. The molecule has 4 unspecified atom stereocenters. The minimum atomic E-state index is -0.826. The molecule has 3 rings (SSSR count). The normalized spacial score (nSPS) is 23.0. The number of imide groups is 1. The molecule has 2 aliphatic heterocycles. The molecule has 164 valence electrons. The fourth-order valence-corrected chi connectivity index (χ4v) is 4.37. The fraction of sp³-hybridized carbons (Fsp3) is 0.571. The van der Waals surface area contributed by atoms with Crippen molar-refractivity contribution in [1.29, 1.82) is 0 Å². The van der Waals surface area contributed by atoms with Crippen LogP contribution in [0.2, 0.25) is 0 Å². The number of likely N-dealkylation sites (N-methyl/N-ethyl adjacent to an activating group) is 1. The van der Waals surface area contributed by atoms with Crippen molar-refractivity contribution in [2.75, 3.05) is 20.2 Å². The van der Waals surface area contributed by atoms with Gasteiger partial charge >= 0.3 is 6.03 Å². The second-order valence-corrected chi connectivity index (χ2v) is 9.03. The zero-order valence-electron chi connectivity index (χ0n) is 17.9. The van der Waals surface area contributed by atoms with Gasteiger partial charge in [0.25, 0.3) is 5.91 Å². The first-order valence-electron chi connectivity index (χ1n) is 10.3. The number of ether oxygens (including phenoxy) is 1. The first-order chi connectivity index (χ1) is 14.3. The molecule has 0 spiro atoms. The number of nitrogens with zero attached hydrogens (tertiary/aromatic N) is 3. The van der Waals surface area contributed by atoms with Gasteiger partial charge in [-0.25, -0.2) is 9.79 Å². The summed E-state index contributed by atoms with van der Waals surface area (Å²) in [5, 5.41) is 14.0. The molecule has 4 atom stereocenters. The van der Waals surface area contributed by atoms with E-state index in [1.165, 1.54) is 10.5 Å². The van der Waals surface area contributed by atoms with E-state index in [-0.39, 0.29) is 13.2 Å². The molecule has 0 aliphatic carbocycles. The summed E-state index contributed by atoms with van der Waals surface area (Å²) in [4.78, 5) is 32.4. The molecule has 8 nitrogen and oxygen atoms in total. The fourth-order valence-electron chi connectivity index (χ4n) is 3.35. The predicted molar refractivity (Wildman–Crippen MR) is 118 cm³/mol. The van der Waals surface area contributed by atoms with E-state index < -0.39 is 30.2 Å². The highest BCUT2D eigenvalue weighted by Gasteiger charge is 2.49. The molecule has 0 radical (unpaired) electrons. The Hall–Kier alpha value is -2.26. The summed E-state index contributed by atoms with van der Waals surface area (Å²) in [5.41, 5.74) is 1.22. The first-order valence-corrected chi connectivity index (χ1v) is 11.2. The van der Waals surface area contributed by atoms with Gasteiger partial charge in [-0.2, -0.15) is 0 Å². The van der Waals surface area contributed by atoms with Gasteiger partial charge in [-0.05, 0) is 30.5 Å². The number of aliphatic hydroxyl groups excluding tert-OH is 1. The van der Waals surface area contributed by atoms with E-state index in [0.717, 1.165) is 12.8 Å². The largest absolute Gasteiger partial charge is 0.491 e. The second kappa shape index (κ2) is 9.70. The molecular weight excluding hydrogens is 404 g/mol. The summed E-state index contributed by atoms with van der Waals surface area (Å²) >= 11 is 1.55. The van der Waals surface area contributed by atoms with Crippen LogP contribution in [0.25, 0.3) is 0 Å². The lowest BCUT2D eigenvalue weighted by atomic mass is 10.1. The lowest BCUT2D eigenvalue weighted by Crippen LogP contribution is -2.64. The third-order valence-electron chi connectivity index (χ3n) is 5.39. The van der Waals surface area contributed by atoms with Crippen LogP contribution in [0.4, 0.5) is 4.79 Å². The number of carbonyl (C=O) groups excluding carboxylic acids is 2. The Labute approximate surface area is 181 Å². The van der Waals surface area contributed by atoms with Gasteiger partial charge in [0.1, 0.15) is 18.5 Å². The summed E-state index contributed by atoms with van der Waals surface area (Å²) < 4.78 is 5.73. The molecule has 9 heteroatoms. The van der Waals surface area contributed by atoms with Crippen molar-refractivity contribution in [2.24, 2.45) is 4.99 Å². The van der Waals surface area contributed by atoms with Crippen LogP contribution in [0.3, 0.4) is 0 Å². The molecular formula is C21H30N4O4S. The van der Waals surface area contributed by atoms with Gasteiger partial charge in [0.15, 0.2) is 17.4 Å². The van der Waals surface area contributed by atoms with Crippen molar-refractivity contribution in [3.63, 3.8) is 0 Å². The monoisotopic (exact) mass is 434 g/mol. The smallest absolute Gasteiger partial charge is 0.325 e. The van der Waals surface area contributed by atoms with Crippen LogP contribution in [0.1, 0.15) is 32.8 Å². The highest BCUT2D eigenvalue weighted by Crippen LogP contribution is 2.31. The molecule has 0 bridgehead atoms. The predicted octanol–water partition coefficient (Wildman–Crippen LogP) is 2.07. The number of amidine groups is 1. The number of aryl methyl sites for hydroxylation is 1. The van der Waals surface area contributed by atoms with E-state index in [9.17, 15) is 14.7 Å². The number of hydrogen-bond acceptors (Lipinski definition) is 7. The van der Waals surface area contributed by atoms with Crippen LogP contribution >= 0.6 is 11.8 Å². The number of aliphatic imine (C=N–C) groups is 1. The number of aliphatic hydroxyl groups is 1. The third-order valence-corrected chi connectivity index (χ3v) is 6.67. The minimum Gasteiger partial charge on any atom is -0.491 e. The number of amides is 3. The quantitative estimate of drug-likeness (QED) is 0.651. The standard InChI is InChI=1S/C21H30N4O4S/c1-5-13(3)30-21-22-18-17(19(27)23-20(28)24(18)4)25(21)11-15(26)12-29-16-9-7-14(6-2)8-10-16/h7-10,13,15,17-18,26H,5-6,11-12H2,1-4H3,(H,23,27,28). The number of hydrogen-bond donors (Lipinski definition) is 2. The van der Waals surface area contributed by atoms with Crippen LogP contribution in [0, 0.1) is 0 Å². The van der Waals surface area contributed by atoms with Crippen molar-refractivity contribution in [3.05, 3.63) is 29.8 Å². The SMILES string of the molecule is CCc1ccc(OCC(O)CN2C(SC(C)CC)=NC3C2C(=O)NC(=O)N3C)cc1. The van der Waals surface area contributed by atoms with E-state index in [1.807, 2.05) is 24.3 Å². The zero-order valence-corrected chi connectivity index (χ0v) is 18.7. The number of β-amino-alcohol motifs (C(OH)–C–C–N with tert-alkyl or cyclic N) is 1. The Bertz CT molecular complexity index is 801. The maximum Gasteiger partial charge on any atom is 0.325 e. The molecule has 2 heterocycles. The lowest BCUT2D eigenvalue weighted by Gasteiger charge is -2.37. The molecule has 1 aromatic rings. The van der Waals surface area contributed by atoms with E-state index in [1.54, 1.807) is 23.7 Å². The number of nitrogens with one attached hydrogen (secondary N) is 1. The molecule has 1 aromatic carbocycles. The Morgan fingerprint density at radius 1 is 1.27 bits per heavy atom. The van der Waals surface area contributed by atoms with E-state index in [2.05, 4.69) is 31.1 Å². The van der Waals surface area contributed by atoms with Gasteiger partial charge in [0.05, 0.1) is 6.54 Å². The second-order valence-electron chi connectivity index (χ2n) is 7.63. The molecule has 1 fully saturated rings. The summed E-state index contributed by atoms with van der Waals surface area (Å²) in [5.74, 6) is 0.295. The average molecular weight is 435 g/mol. The summed E-state index contributed by atoms with van der Waals surface area (Å²) in [6, 6.07) is 6.66. The van der Waals surface area contributed by atoms with Gasteiger partial charge in [-0.1, -0.05) is 44.7 Å². The van der Waals surface area contributed by atoms with E-state index >= 15 is 0 Å². The topological polar surface area (TPSA) is 94.5 Å². The molecule has 0 aromatic heterocycles. The van der Waals surface area contributed by atoms with Gasteiger partial charge in [-0.15, -0.1) is 0 Å². The van der Waals surface area contributed by atoms with Gasteiger partial charge in [0, 0.05) is 12.3 Å². The van der Waals surface area contributed by atoms with Crippen molar-refractivity contribution in [2.45, 2.75) is 57.2 Å². The van der Waals surface area contributed by atoms with Crippen LogP contribution in [-0.2, 0) is 11.2 Å². The molecule has 1 saturated heterocycles. The van der Waals surface area contributed by atoms with Crippen molar-refractivity contribution in [1.82, 2.24) is 15.1 Å². The number of benzene rings is 1. The highest BCUT2D eigenvalue weighted by molar-refractivity contribution is 8.14. The number of fused-ring (bicyclic) bond motifs is 1. The van der Waals surface area contributed by atoms with Crippen LogP contribution < -0.4 is 10.1 Å². The molecule has 0 saturated carbocycles. The van der Waals surface area contributed by atoms with Gasteiger partial charge in [0.2, 0.25) is 0 Å². The Morgan fingerprint density at radius 3 is 2.60 bits per heavy atom. The Morgan fingerprint density at radius 2 is 1.97 bits per heavy atom.